The number of hydrogen-bond donors (Lipinski definition) is 1. The van der Waals surface area contributed by atoms with Gasteiger partial charge in [-0.2, -0.15) is 0 Å². The van der Waals surface area contributed by atoms with Crippen LogP contribution in [0.3, 0.4) is 0 Å². The fourth-order valence-corrected chi connectivity index (χ4v) is 1.12. The Hall–Kier alpha value is 0.467. The Morgan fingerprint density at radius 1 is 1.30 bits per heavy atom. The van der Waals surface area contributed by atoms with E-state index in [0.717, 1.165) is 0 Å². The van der Waals surface area contributed by atoms with Gasteiger partial charge in [-0.25, -0.2) is 13.1 Å². The summed E-state index contributed by atoms with van der Waals surface area (Å²) in [6, 6.07) is 0. The fourth-order valence-electron chi connectivity index (χ4n) is 0.375. The summed E-state index contributed by atoms with van der Waals surface area (Å²) in [5.41, 5.74) is -0.666. The standard InChI is InChI=1S/C4H11NO3S.Li/c1-4(2,3)5-9(6,7)8;/h5H,1-3H3,(H,6,7,8);/q;+1/p-1. The molecule has 0 aromatic carbocycles. The number of hydrogen-bond acceptors (Lipinski definition) is 3. The van der Waals surface area contributed by atoms with Crippen molar-refractivity contribution in [1.82, 2.24) is 4.72 Å². The van der Waals surface area contributed by atoms with Gasteiger partial charge < -0.3 is 4.55 Å². The molecule has 0 unspecified atom stereocenters. The first-order valence-electron chi connectivity index (χ1n) is 2.45. The van der Waals surface area contributed by atoms with Crippen molar-refractivity contribution in [3.8, 4) is 0 Å². The molecule has 0 amide bonds. The maximum absolute atomic E-state index is 9.98. The Morgan fingerprint density at radius 2 is 1.60 bits per heavy atom. The third-order valence-corrected chi connectivity index (χ3v) is 1.29. The number of nitrogens with one attached hydrogen (secondary N) is 1. The second-order valence-electron chi connectivity index (χ2n) is 2.81. The van der Waals surface area contributed by atoms with Crippen LogP contribution in [0.5, 0.6) is 0 Å². The van der Waals surface area contributed by atoms with Crippen molar-refractivity contribution in [1.29, 1.82) is 0 Å². The van der Waals surface area contributed by atoms with Gasteiger partial charge in [-0.15, -0.1) is 0 Å². The molecule has 0 spiro atoms. The van der Waals surface area contributed by atoms with E-state index in [4.69, 9.17) is 0 Å². The van der Waals surface area contributed by atoms with Crippen molar-refractivity contribution in [2.24, 2.45) is 0 Å². The fraction of sp³-hybridized carbons (Fsp3) is 1.00. The molecule has 56 valence electrons. The summed E-state index contributed by atoms with van der Waals surface area (Å²) in [4.78, 5) is 0. The first kappa shape index (κ1) is 13.1. The Labute approximate surface area is 73.4 Å². The molecule has 0 fully saturated rings. The van der Waals surface area contributed by atoms with Crippen LogP contribution < -0.4 is 23.6 Å². The van der Waals surface area contributed by atoms with E-state index in [9.17, 15) is 13.0 Å². The van der Waals surface area contributed by atoms with Crippen LogP contribution >= 0.6 is 0 Å². The molecule has 0 saturated heterocycles. The molecule has 0 rings (SSSR count). The zero-order valence-corrected chi connectivity index (χ0v) is 7.45. The second kappa shape index (κ2) is 3.74. The molecule has 4 nitrogen and oxygen atoms in total. The van der Waals surface area contributed by atoms with Gasteiger partial charge in [0.15, 0.2) is 10.3 Å². The van der Waals surface area contributed by atoms with Gasteiger partial charge in [0, 0.05) is 5.54 Å². The molecule has 0 aromatic heterocycles. The minimum absolute atomic E-state index is 0. The van der Waals surface area contributed by atoms with Crippen LogP contribution in [0.4, 0.5) is 0 Å². The van der Waals surface area contributed by atoms with Crippen molar-refractivity contribution in [2.45, 2.75) is 26.3 Å². The smallest absolute Gasteiger partial charge is 0.735 e. The molecule has 1 N–H and O–H groups in total. The zero-order chi connectivity index (χ0) is 7.71. The molecule has 0 saturated carbocycles. The van der Waals surface area contributed by atoms with E-state index in [-0.39, 0.29) is 18.9 Å². The van der Waals surface area contributed by atoms with Crippen molar-refractivity contribution in [2.75, 3.05) is 0 Å². The van der Waals surface area contributed by atoms with E-state index in [1.54, 1.807) is 20.8 Å². The molecule has 0 heterocycles. The number of rotatable bonds is 1. The van der Waals surface area contributed by atoms with Crippen LogP contribution in [-0.2, 0) is 10.3 Å². The van der Waals surface area contributed by atoms with Crippen LogP contribution in [0.25, 0.3) is 0 Å². The average molecular weight is 159 g/mol. The van der Waals surface area contributed by atoms with Crippen LogP contribution in [0.1, 0.15) is 20.8 Å². The van der Waals surface area contributed by atoms with Crippen LogP contribution in [0.15, 0.2) is 0 Å². The van der Waals surface area contributed by atoms with E-state index in [1.807, 2.05) is 4.72 Å². The molecule has 6 heteroatoms. The summed E-state index contributed by atoms with van der Waals surface area (Å²) in [7, 11) is -4.28. The Bertz CT molecular complexity index is 181. The molecule has 0 bridgehead atoms. The largest absolute Gasteiger partial charge is 1.00 e. The third kappa shape index (κ3) is 11.3. The normalized spacial score (nSPS) is 12.4. The summed E-state index contributed by atoms with van der Waals surface area (Å²) in [6.45, 7) is 4.80. The van der Waals surface area contributed by atoms with Gasteiger partial charge >= 0.3 is 18.9 Å². The molecule has 0 aliphatic carbocycles. The Morgan fingerprint density at radius 3 is 1.60 bits per heavy atom. The van der Waals surface area contributed by atoms with Gasteiger partial charge in [-0.1, -0.05) is 0 Å². The molecular weight excluding hydrogens is 149 g/mol. The van der Waals surface area contributed by atoms with Crippen LogP contribution in [-0.4, -0.2) is 18.5 Å². The first-order chi connectivity index (χ1) is 3.71. The van der Waals surface area contributed by atoms with Crippen molar-refractivity contribution in [3.63, 3.8) is 0 Å². The van der Waals surface area contributed by atoms with E-state index in [2.05, 4.69) is 0 Å². The summed E-state index contributed by atoms with van der Waals surface area (Å²) >= 11 is 0. The SMILES string of the molecule is CC(C)(C)NS(=O)(=O)[O-].[Li+]. The average Bonchev–Trinajstić information content (AvgIpc) is 1.14. The van der Waals surface area contributed by atoms with Gasteiger partial charge in [-0.05, 0) is 20.8 Å². The maximum atomic E-state index is 9.98. The molecule has 0 aliphatic rings. The molecule has 0 atom stereocenters. The van der Waals surface area contributed by atoms with Gasteiger partial charge in [0.1, 0.15) is 0 Å². The van der Waals surface area contributed by atoms with Crippen molar-refractivity contribution in [3.05, 3.63) is 0 Å². The first-order valence-corrected chi connectivity index (χ1v) is 3.86. The van der Waals surface area contributed by atoms with E-state index < -0.39 is 15.8 Å². The molecular formula is C4H10LiNO3S. The third-order valence-electron chi connectivity index (χ3n) is 0.431. The van der Waals surface area contributed by atoms with E-state index >= 15 is 0 Å². The van der Waals surface area contributed by atoms with Gasteiger partial charge in [-0.3, -0.25) is 0 Å². The Kier molecular flexibility index (Phi) is 4.90. The van der Waals surface area contributed by atoms with Crippen LogP contribution in [0.2, 0.25) is 0 Å². The maximum Gasteiger partial charge on any atom is 1.00 e. The van der Waals surface area contributed by atoms with E-state index in [0.29, 0.717) is 0 Å². The molecule has 0 aromatic rings. The summed E-state index contributed by atoms with van der Waals surface area (Å²) in [5.74, 6) is 0. The second-order valence-corrected chi connectivity index (χ2v) is 3.92. The molecule has 10 heavy (non-hydrogen) atoms. The summed E-state index contributed by atoms with van der Waals surface area (Å²) in [5, 5.41) is 0. The summed E-state index contributed by atoms with van der Waals surface area (Å²) < 4.78 is 31.8. The predicted octanol–water partition coefficient (Wildman–Crippen LogP) is -3.16. The topological polar surface area (TPSA) is 69.2 Å². The van der Waals surface area contributed by atoms with E-state index in [1.165, 1.54) is 0 Å². The minimum Gasteiger partial charge on any atom is -0.735 e. The van der Waals surface area contributed by atoms with Crippen LogP contribution in [0, 0.1) is 0 Å². The predicted molar refractivity (Wildman–Crippen MR) is 32.6 cm³/mol. The van der Waals surface area contributed by atoms with Gasteiger partial charge in [0.05, 0.1) is 0 Å². The zero-order valence-electron chi connectivity index (χ0n) is 6.63. The van der Waals surface area contributed by atoms with Gasteiger partial charge in [0.2, 0.25) is 0 Å². The van der Waals surface area contributed by atoms with Crippen molar-refractivity contribution >= 4 is 10.3 Å². The quantitative estimate of drug-likeness (QED) is 0.324. The van der Waals surface area contributed by atoms with Crippen molar-refractivity contribution < 1.29 is 31.8 Å². The Balaban J connectivity index is 0. The molecule has 0 aliphatic heterocycles. The minimum atomic E-state index is -4.28. The monoisotopic (exact) mass is 159 g/mol. The van der Waals surface area contributed by atoms with Gasteiger partial charge in [0.25, 0.3) is 0 Å². The molecule has 0 radical (unpaired) electrons. The summed E-state index contributed by atoms with van der Waals surface area (Å²) in [6.07, 6.45) is 0.